The maximum absolute atomic E-state index is 13.1. The third-order valence-corrected chi connectivity index (χ3v) is 9.32. The van der Waals surface area contributed by atoms with Crippen LogP contribution in [0.2, 0.25) is 0 Å². The van der Waals surface area contributed by atoms with Gasteiger partial charge in [0.15, 0.2) is 0 Å². The van der Waals surface area contributed by atoms with Crippen molar-refractivity contribution < 1.29 is 9.59 Å². The van der Waals surface area contributed by atoms with Gasteiger partial charge in [-0.1, -0.05) is 161 Å². The summed E-state index contributed by atoms with van der Waals surface area (Å²) in [4.78, 5) is 30.2. The van der Waals surface area contributed by atoms with Crippen LogP contribution in [0.4, 0.5) is 0 Å². The van der Waals surface area contributed by atoms with Crippen molar-refractivity contribution in [2.45, 2.75) is 206 Å². The summed E-state index contributed by atoms with van der Waals surface area (Å²) < 4.78 is 1.88. The van der Waals surface area contributed by atoms with Gasteiger partial charge in [0.05, 0.1) is 12.0 Å². The van der Waals surface area contributed by atoms with Crippen LogP contribution >= 0.6 is 0 Å². The molecule has 0 aliphatic rings. The first-order chi connectivity index (χ1) is 23.1. The molecule has 1 unspecified atom stereocenters. The van der Waals surface area contributed by atoms with E-state index in [1.54, 1.807) is 6.33 Å². The van der Waals surface area contributed by atoms with Crippen molar-refractivity contribution in [1.82, 2.24) is 20.2 Å². The quantitative estimate of drug-likeness (QED) is 0.0572. The van der Waals surface area contributed by atoms with Gasteiger partial charge in [-0.25, -0.2) is 4.98 Å². The highest BCUT2D eigenvalue weighted by molar-refractivity contribution is 5.87. The molecule has 0 saturated heterocycles. The highest BCUT2D eigenvalue weighted by Gasteiger charge is 2.21. The molecule has 2 amide bonds. The average molecular weight is 657 g/mol. The molecule has 47 heavy (non-hydrogen) atoms. The lowest BCUT2D eigenvalue weighted by molar-refractivity contribution is -0.129. The third kappa shape index (κ3) is 27.5. The zero-order valence-electron chi connectivity index (χ0n) is 31.3. The summed E-state index contributed by atoms with van der Waals surface area (Å²) >= 11 is 0. The monoisotopic (exact) mass is 657 g/mol. The van der Waals surface area contributed by atoms with Crippen molar-refractivity contribution >= 4 is 11.8 Å². The lowest BCUT2D eigenvalue weighted by Gasteiger charge is -2.18. The van der Waals surface area contributed by atoms with Crippen LogP contribution < -0.4 is 10.6 Å². The Morgan fingerprint density at radius 3 is 1.57 bits per heavy atom. The van der Waals surface area contributed by atoms with E-state index in [0.717, 1.165) is 37.8 Å². The Kier molecular flexibility index (Phi) is 29.6. The molecule has 272 valence electrons. The fraction of sp³-hybridized carbons (Fsp3) is 0.829. The van der Waals surface area contributed by atoms with Gasteiger partial charge in [-0.05, 0) is 38.5 Å². The van der Waals surface area contributed by atoms with Crippen LogP contribution in [-0.4, -0.2) is 34.0 Å². The highest BCUT2D eigenvalue weighted by atomic mass is 16.2. The van der Waals surface area contributed by atoms with E-state index in [0.29, 0.717) is 19.4 Å². The minimum absolute atomic E-state index is 0.0322. The molecule has 0 saturated carbocycles. The first kappa shape index (κ1) is 42.9. The minimum atomic E-state index is -0.577. The molecule has 1 heterocycles. The summed E-state index contributed by atoms with van der Waals surface area (Å²) in [7, 11) is 1.92. The average Bonchev–Trinajstić information content (AvgIpc) is 3.48. The maximum Gasteiger partial charge on any atom is 0.242 e. The normalized spacial score (nSPS) is 12.1. The molecule has 6 heteroatoms. The number of nitrogens with one attached hydrogen (secondary N) is 2. The lowest BCUT2D eigenvalue weighted by Crippen LogP contribution is -2.48. The summed E-state index contributed by atoms with van der Waals surface area (Å²) in [6, 6.07) is -0.577. The van der Waals surface area contributed by atoms with Gasteiger partial charge in [-0.15, -0.1) is 0 Å². The molecule has 6 nitrogen and oxygen atoms in total. The number of unbranched alkanes of at least 4 members (excludes halogenated alkanes) is 24. The van der Waals surface area contributed by atoms with Crippen LogP contribution in [0, 0.1) is 0 Å². The van der Waals surface area contributed by atoms with Crippen molar-refractivity contribution in [3.05, 3.63) is 30.4 Å². The maximum atomic E-state index is 13.1. The standard InChI is InChI=1S/C41H76N4O2/c1-4-6-8-10-12-14-16-18-20-21-23-25-27-29-31-33-40(46)44-39(35-38-36-45(3)37-43-38)41(47)42-34-32-30-28-26-24-22-19-17-15-13-11-9-7-5-2/h18,20,36-37,39H,4-17,19,21-35H2,1-3H3,(H,42,47)(H,44,46)/b20-18+. The lowest BCUT2D eigenvalue weighted by atomic mass is 10.0. The number of carbonyl (C=O) groups is 2. The zero-order valence-corrected chi connectivity index (χ0v) is 31.3. The van der Waals surface area contributed by atoms with Gasteiger partial charge < -0.3 is 15.2 Å². The number of amides is 2. The zero-order chi connectivity index (χ0) is 34.0. The predicted molar refractivity (Wildman–Crippen MR) is 202 cm³/mol. The van der Waals surface area contributed by atoms with Gasteiger partial charge in [0, 0.05) is 32.6 Å². The van der Waals surface area contributed by atoms with Gasteiger partial charge >= 0.3 is 0 Å². The van der Waals surface area contributed by atoms with Crippen molar-refractivity contribution in [3.63, 3.8) is 0 Å². The van der Waals surface area contributed by atoms with E-state index in [1.807, 2.05) is 17.8 Å². The Hall–Kier alpha value is -2.11. The Bertz CT molecular complexity index is 881. The second-order valence-corrected chi connectivity index (χ2v) is 14.1. The fourth-order valence-electron chi connectivity index (χ4n) is 6.27. The summed E-state index contributed by atoms with van der Waals surface area (Å²) in [5.74, 6) is -0.126. The SMILES string of the molecule is CCCCCCCC/C=C/CCCCCCCC(=O)NC(Cc1cn(C)cn1)C(=O)NCCCCCCCCCCCCCCCC. The molecular formula is C41H76N4O2. The van der Waals surface area contributed by atoms with E-state index in [9.17, 15) is 9.59 Å². The largest absolute Gasteiger partial charge is 0.354 e. The fourth-order valence-corrected chi connectivity index (χ4v) is 6.27. The summed E-state index contributed by atoms with van der Waals surface area (Å²) in [5.41, 5.74) is 0.825. The molecule has 1 aromatic rings. The van der Waals surface area contributed by atoms with Crippen LogP contribution in [0.25, 0.3) is 0 Å². The molecule has 1 atom stereocenters. The number of carbonyl (C=O) groups excluding carboxylic acids is 2. The number of aromatic nitrogens is 2. The first-order valence-electron chi connectivity index (χ1n) is 20.3. The molecule has 0 bridgehead atoms. The van der Waals surface area contributed by atoms with Crippen LogP contribution in [0.3, 0.4) is 0 Å². The van der Waals surface area contributed by atoms with Crippen LogP contribution in [-0.2, 0) is 23.1 Å². The van der Waals surface area contributed by atoms with E-state index in [2.05, 4.69) is 41.6 Å². The number of hydrogen-bond acceptors (Lipinski definition) is 3. The number of allylic oxidation sites excluding steroid dienone is 2. The Morgan fingerprint density at radius 1 is 0.660 bits per heavy atom. The molecule has 0 aromatic carbocycles. The topological polar surface area (TPSA) is 76.0 Å². The van der Waals surface area contributed by atoms with Crippen molar-refractivity contribution in [1.29, 1.82) is 0 Å². The minimum Gasteiger partial charge on any atom is -0.354 e. The molecule has 0 fully saturated rings. The first-order valence-corrected chi connectivity index (χ1v) is 20.3. The number of nitrogens with zero attached hydrogens (tertiary/aromatic N) is 2. The van der Waals surface area contributed by atoms with E-state index in [4.69, 9.17) is 0 Å². The summed E-state index contributed by atoms with van der Waals surface area (Å²) in [6.45, 7) is 5.21. The van der Waals surface area contributed by atoms with Gasteiger partial charge in [-0.2, -0.15) is 0 Å². The van der Waals surface area contributed by atoms with E-state index >= 15 is 0 Å². The van der Waals surface area contributed by atoms with Gasteiger partial charge in [0.25, 0.3) is 0 Å². The number of rotatable bonds is 34. The Balaban J connectivity index is 2.14. The van der Waals surface area contributed by atoms with Crippen molar-refractivity contribution in [2.24, 2.45) is 7.05 Å². The number of imidazole rings is 1. The highest BCUT2D eigenvalue weighted by Crippen LogP contribution is 2.13. The van der Waals surface area contributed by atoms with E-state index < -0.39 is 6.04 Å². The van der Waals surface area contributed by atoms with Gasteiger partial charge in [-0.3, -0.25) is 9.59 Å². The van der Waals surface area contributed by atoms with E-state index in [1.165, 1.54) is 141 Å². The number of hydrogen-bond donors (Lipinski definition) is 2. The van der Waals surface area contributed by atoms with Crippen LogP contribution in [0.1, 0.15) is 199 Å². The second kappa shape index (κ2) is 32.4. The van der Waals surface area contributed by atoms with Gasteiger partial charge in [0.2, 0.25) is 11.8 Å². The molecule has 2 N–H and O–H groups in total. The molecule has 0 aliphatic heterocycles. The molecule has 1 aromatic heterocycles. The summed E-state index contributed by atoms with van der Waals surface area (Å²) in [6.07, 6.45) is 43.9. The molecule has 0 radical (unpaired) electrons. The molecular weight excluding hydrogens is 580 g/mol. The van der Waals surface area contributed by atoms with Crippen molar-refractivity contribution in [2.75, 3.05) is 6.54 Å². The molecule has 0 aliphatic carbocycles. The Morgan fingerprint density at radius 2 is 1.11 bits per heavy atom. The van der Waals surface area contributed by atoms with E-state index in [-0.39, 0.29) is 11.8 Å². The van der Waals surface area contributed by atoms with Crippen LogP contribution in [0.5, 0.6) is 0 Å². The number of aryl methyl sites for hydroxylation is 1. The smallest absolute Gasteiger partial charge is 0.242 e. The predicted octanol–water partition coefficient (Wildman–Crippen LogP) is 11.1. The molecule has 1 rings (SSSR count). The summed E-state index contributed by atoms with van der Waals surface area (Å²) in [5, 5.41) is 6.10. The van der Waals surface area contributed by atoms with Gasteiger partial charge in [0.1, 0.15) is 6.04 Å². The van der Waals surface area contributed by atoms with Crippen LogP contribution in [0.15, 0.2) is 24.7 Å². The Labute approximate surface area is 291 Å². The second-order valence-electron chi connectivity index (χ2n) is 14.1. The van der Waals surface area contributed by atoms with Crippen molar-refractivity contribution in [3.8, 4) is 0 Å². The third-order valence-electron chi connectivity index (χ3n) is 9.32. The molecule has 0 spiro atoms.